The van der Waals surface area contributed by atoms with Gasteiger partial charge in [0, 0.05) is 32.0 Å². The van der Waals surface area contributed by atoms with Crippen LogP contribution in [0, 0.1) is 5.82 Å². The molecule has 1 aliphatic rings. The Hall–Kier alpha value is -1.13. The number of nitrogens with two attached hydrogens (primary N) is 1. The summed E-state index contributed by atoms with van der Waals surface area (Å²) in [7, 11) is 0. The van der Waals surface area contributed by atoms with Crippen LogP contribution >= 0.6 is 11.6 Å². The first-order valence-electron chi connectivity index (χ1n) is 5.95. The molecule has 2 rings (SSSR count). The standard InChI is InChI=1S/C13H16ClFN2O/c1-8(18)17-5-4-10(13(16)7-17)9-2-3-11(14)12(15)6-9/h2-3,6,10,13H,4-5,7,16H2,1H3. The lowest BCUT2D eigenvalue weighted by atomic mass is 9.86. The van der Waals surface area contributed by atoms with Crippen LogP contribution in [0.5, 0.6) is 0 Å². The first-order valence-corrected chi connectivity index (χ1v) is 6.33. The third-order valence-electron chi connectivity index (χ3n) is 3.48. The second-order valence-electron chi connectivity index (χ2n) is 4.70. The fraction of sp³-hybridized carbons (Fsp3) is 0.462. The van der Waals surface area contributed by atoms with Crippen molar-refractivity contribution in [1.82, 2.24) is 4.90 Å². The minimum absolute atomic E-state index is 0.0335. The Morgan fingerprint density at radius 1 is 1.56 bits per heavy atom. The molecule has 0 aliphatic carbocycles. The van der Waals surface area contributed by atoms with Crippen LogP contribution in [0.15, 0.2) is 18.2 Å². The number of rotatable bonds is 1. The number of carbonyl (C=O) groups excluding carboxylic acids is 1. The summed E-state index contributed by atoms with van der Waals surface area (Å²) in [5.74, 6) is -0.311. The van der Waals surface area contributed by atoms with E-state index in [2.05, 4.69) is 0 Å². The van der Waals surface area contributed by atoms with Crippen molar-refractivity contribution in [2.45, 2.75) is 25.3 Å². The first kappa shape index (κ1) is 13.3. The lowest BCUT2D eigenvalue weighted by Crippen LogP contribution is -2.48. The van der Waals surface area contributed by atoms with Crippen molar-refractivity contribution in [3.05, 3.63) is 34.6 Å². The van der Waals surface area contributed by atoms with Crippen molar-refractivity contribution in [2.24, 2.45) is 5.73 Å². The number of amides is 1. The lowest BCUT2D eigenvalue weighted by molar-refractivity contribution is -0.130. The van der Waals surface area contributed by atoms with Crippen LogP contribution in [0.3, 0.4) is 0 Å². The monoisotopic (exact) mass is 270 g/mol. The summed E-state index contributed by atoms with van der Waals surface area (Å²) in [6.45, 7) is 2.72. The molecular weight excluding hydrogens is 255 g/mol. The number of hydrogen-bond acceptors (Lipinski definition) is 2. The highest BCUT2D eigenvalue weighted by atomic mass is 35.5. The molecule has 2 atom stereocenters. The average Bonchev–Trinajstić information content (AvgIpc) is 2.32. The molecule has 0 radical (unpaired) electrons. The maximum absolute atomic E-state index is 13.4. The molecule has 1 aromatic carbocycles. The van der Waals surface area contributed by atoms with Crippen LogP contribution in [0.4, 0.5) is 4.39 Å². The highest BCUT2D eigenvalue weighted by Crippen LogP contribution is 2.29. The van der Waals surface area contributed by atoms with Crippen LogP contribution in [-0.2, 0) is 4.79 Å². The number of halogens is 2. The molecule has 1 aliphatic heterocycles. The third kappa shape index (κ3) is 2.65. The van der Waals surface area contributed by atoms with Gasteiger partial charge in [-0.3, -0.25) is 4.79 Å². The zero-order valence-electron chi connectivity index (χ0n) is 10.2. The fourth-order valence-electron chi connectivity index (χ4n) is 2.42. The normalized spacial score (nSPS) is 24.1. The smallest absolute Gasteiger partial charge is 0.219 e. The maximum Gasteiger partial charge on any atom is 0.219 e. The van der Waals surface area contributed by atoms with E-state index in [1.807, 2.05) is 0 Å². The van der Waals surface area contributed by atoms with Crippen molar-refractivity contribution in [3.63, 3.8) is 0 Å². The van der Waals surface area contributed by atoms with E-state index < -0.39 is 5.82 Å². The van der Waals surface area contributed by atoms with Gasteiger partial charge < -0.3 is 10.6 Å². The second-order valence-corrected chi connectivity index (χ2v) is 5.10. The van der Waals surface area contributed by atoms with Gasteiger partial charge in [0.05, 0.1) is 5.02 Å². The SMILES string of the molecule is CC(=O)N1CCC(c2ccc(Cl)c(F)c2)C(N)C1. The number of likely N-dealkylation sites (tertiary alicyclic amines) is 1. The molecule has 18 heavy (non-hydrogen) atoms. The van der Waals surface area contributed by atoms with Crippen molar-refractivity contribution >= 4 is 17.5 Å². The highest BCUT2D eigenvalue weighted by molar-refractivity contribution is 6.30. The van der Waals surface area contributed by atoms with Crippen molar-refractivity contribution in [1.29, 1.82) is 0 Å². The van der Waals surface area contributed by atoms with Gasteiger partial charge in [0.25, 0.3) is 0 Å². The highest BCUT2D eigenvalue weighted by Gasteiger charge is 2.29. The molecule has 0 saturated carbocycles. The van der Waals surface area contributed by atoms with Gasteiger partial charge in [-0.2, -0.15) is 0 Å². The van der Waals surface area contributed by atoms with Crippen molar-refractivity contribution in [3.8, 4) is 0 Å². The molecule has 98 valence electrons. The summed E-state index contributed by atoms with van der Waals surface area (Å²) in [6, 6.07) is 4.63. The van der Waals surface area contributed by atoms with Crippen LogP contribution in [0.1, 0.15) is 24.8 Å². The summed E-state index contributed by atoms with van der Waals surface area (Å²) < 4.78 is 13.4. The van der Waals surface area contributed by atoms with Gasteiger partial charge in [-0.25, -0.2) is 4.39 Å². The van der Waals surface area contributed by atoms with Crippen LogP contribution in [0.25, 0.3) is 0 Å². The van der Waals surface area contributed by atoms with Crippen LogP contribution in [-0.4, -0.2) is 29.9 Å². The van der Waals surface area contributed by atoms with Crippen LogP contribution < -0.4 is 5.73 Å². The first-order chi connectivity index (χ1) is 8.49. The topological polar surface area (TPSA) is 46.3 Å². The second kappa shape index (κ2) is 5.24. The summed E-state index contributed by atoms with van der Waals surface area (Å²) in [5, 5.41) is 0.119. The van der Waals surface area contributed by atoms with Crippen molar-refractivity contribution < 1.29 is 9.18 Å². The van der Waals surface area contributed by atoms with E-state index in [1.54, 1.807) is 17.0 Å². The average molecular weight is 271 g/mol. The number of hydrogen-bond donors (Lipinski definition) is 1. The third-order valence-corrected chi connectivity index (χ3v) is 3.78. The molecule has 1 heterocycles. The Labute approximate surface area is 111 Å². The summed E-state index contributed by atoms with van der Waals surface area (Å²) >= 11 is 5.66. The predicted molar refractivity (Wildman–Crippen MR) is 69.0 cm³/mol. The van der Waals surface area contributed by atoms with Gasteiger partial charge >= 0.3 is 0 Å². The molecule has 2 unspecified atom stereocenters. The largest absolute Gasteiger partial charge is 0.341 e. The lowest BCUT2D eigenvalue weighted by Gasteiger charge is -2.36. The number of nitrogens with zero attached hydrogens (tertiary/aromatic N) is 1. The fourth-order valence-corrected chi connectivity index (χ4v) is 2.54. The van der Waals surface area contributed by atoms with E-state index in [9.17, 15) is 9.18 Å². The Bertz CT molecular complexity index is 466. The van der Waals surface area contributed by atoms with Gasteiger partial charge in [-0.05, 0) is 24.1 Å². The predicted octanol–water partition coefficient (Wildman–Crippen LogP) is 2.14. The van der Waals surface area contributed by atoms with E-state index in [0.717, 1.165) is 12.0 Å². The molecule has 2 N–H and O–H groups in total. The quantitative estimate of drug-likeness (QED) is 0.850. The Balaban J connectivity index is 2.15. The molecule has 1 saturated heterocycles. The summed E-state index contributed by atoms with van der Waals surface area (Å²) in [4.78, 5) is 13.0. The number of benzene rings is 1. The minimum atomic E-state index is -0.421. The van der Waals surface area contributed by atoms with Gasteiger partial charge in [-0.1, -0.05) is 17.7 Å². The van der Waals surface area contributed by atoms with Gasteiger partial charge in [0.1, 0.15) is 5.82 Å². The van der Waals surface area contributed by atoms with Gasteiger partial charge in [0.15, 0.2) is 0 Å². The zero-order chi connectivity index (χ0) is 13.3. The van der Waals surface area contributed by atoms with E-state index in [4.69, 9.17) is 17.3 Å². The maximum atomic E-state index is 13.4. The molecule has 0 bridgehead atoms. The molecule has 5 heteroatoms. The minimum Gasteiger partial charge on any atom is -0.341 e. The summed E-state index contributed by atoms with van der Waals surface area (Å²) in [5.41, 5.74) is 6.93. The molecule has 1 fully saturated rings. The van der Waals surface area contributed by atoms with E-state index in [1.165, 1.54) is 13.0 Å². The zero-order valence-corrected chi connectivity index (χ0v) is 11.0. The molecular formula is C13H16ClFN2O. The summed E-state index contributed by atoms with van der Waals surface area (Å²) in [6.07, 6.45) is 0.752. The number of carbonyl (C=O) groups is 1. The molecule has 0 spiro atoms. The molecule has 1 amide bonds. The number of piperidine rings is 1. The molecule has 1 aromatic rings. The van der Waals surface area contributed by atoms with Crippen molar-refractivity contribution in [2.75, 3.05) is 13.1 Å². The Morgan fingerprint density at radius 2 is 2.28 bits per heavy atom. The van der Waals surface area contributed by atoms with E-state index in [0.29, 0.717) is 13.1 Å². The molecule has 0 aromatic heterocycles. The van der Waals surface area contributed by atoms with E-state index >= 15 is 0 Å². The van der Waals surface area contributed by atoms with Crippen LogP contribution in [0.2, 0.25) is 5.02 Å². The van der Waals surface area contributed by atoms with Gasteiger partial charge in [0.2, 0.25) is 5.91 Å². The Morgan fingerprint density at radius 3 is 2.83 bits per heavy atom. The molecule has 3 nitrogen and oxygen atoms in total. The van der Waals surface area contributed by atoms with Gasteiger partial charge in [-0.15, -0.1) is 0 Å². The van der Waals surface area contributed by atoms with E-state index in [-0.39, 0.29) is 22.9 Å². The Kier molecular flexibility index (Phi) is 3.88.